The van der Waals surface area contributed by atoms with Crippen molar-refractivity contribution in [2.75, 3.05) is 6.54 Å². The zero-order valence-electron chi connectivity index (χ0n) is 15.9. The third-order valence-electron chi connectivity index (χ3n) is 4.92. The summed E-state index contributed by atoms with van der Waals surface area (Å²) in [6.07, 6.45) is 6.56. The van der Waals surface area contributed by atoms with Crippen molar-refractivity contribution in [3.8, 4) is 0 Å². The van der Waals surface area contributed by atoms with Crippen LogP contribution in [0.15, 0.2) is 52.0 Å². The van der Waals surface area contributed by atoms with Gasteiger partial charge in [-0.3, -0.25) is 4.79 Å². The fraction of sp³-hybridized carbons (Fsp3) is 0.333. The van der Waals surface area contributed by atoms with E-state index in [1.165, 1.54) is 35.7 Å². The average Bonchev–Trinajstić information content (AvgIpc) is 3.34. The van der Waals surface area contributed by atoms with Crippen LogP contribution in [0.4, 0.5) is 0 Å². The molecular formula is C21H22N2O4S2. The van der Waals surface area contributed by atoms with E-state index in [1.54, 1.807) is 41.7 Å². The highest BCUT2D eigenvalue weighted by atomic mass is 32.2. The minimum absolute atomic E-state index is 0.0444. The lowest BCUT2D eigenvalue weighted by Gasteiger charge is -2.06. The van der Waals surface area contributed by atoms with Gasteiger partial charge < -0.3 is 9.73 Å². The molecule has 0 bridgehead atoms. The Morgan fingerprint density at radius 3 is 2.72 bits per heavy atom. The summed E-state index contributed by atoms with van der Waals surface area (Å²) in [6, 6.07) is 9.73. The molecule has 0 atom stereocenters. The van der Waals surface area contributed by atoms with E-state index in [4.69, 9.17) is 4.42 Å². The van der Waals surface area contributed by atoms with E-state index in [0.29, 0.717) is 18.5 Å². The van der Waals surface area contributed by atoms with Crippen molar-refractivity contribution in [1.29, 1.82) is 0 Å². The molecule has 1 aliphatic carbocycles. The second-order valence-electron chi connectivity index (χ2n) is 7.04. The highest BCUT2D eigenvalue weighted by Crippen LogP contribution is 2.26. The molecule has 1 aliphatic rings. The molecule has 1 amide bonds. The van der Waals surface area contributed by atoms with Gasteiger partial charge in [-0.05, 0) is 43.9 Å². The van der Waals surface area contributed by atoms with Crippen LogP contribution >= 0.6 is 11.3 Å². The fourth-order valence-corrected chi connectivity index (χ4v) is 5.97. The molecule has 0 spiro atoms. The Morgan fingerprint density at radius 1 is 1.14 bits per heavy atom. The van der Waals surface area contributed by atoms with Gasteiger partial charge in [0.15, 0.2) is 15.6 Å². The smallest absolute Gasteiger partial charge is 0.287 e. The van der Waals surface area contributed by atoms with E-state index in [1.807, 2.05) is 0 Å². The number of aromatic nitrogens is 1. The van der Waals surface area contributed by atoms with Gasteiger partial charge in [-0.15, -0.1) is 11.3 Å². The van der Waals surface area contributed by atoms with Gasteiger partial charge in [0.25, 0.3) is 5.91 Å². The summed E-state index contributed by atoms with van der Waals surface area (Å²) in [4.78, 5) is 18.8. The Bertz CT molecular complexity index is 1080. The zero-order chi connectivity index (χ0) is 20.3. The summed E-state index contributed by atoms with van der Waals surface area (Å²) in [7, 11) is -3.55. The number of benzene rings is 1. The van der Waals surface area contributed by atoms with Crippen LogP contribution in [0.2, 0.25) is 0 Å². The van der Waals surface area contributed by atoms with Gasteiger partial charge in [-0.25, -0.2) is 13.4 Å². The van der Waals surface area contributed by atoms with Gasteiger partial charge in [-0.2, -0.15) is 0 Å². The number of nitrogens with one attached hydrogen (secondary N) is 1. The molecule has 0 radical (unpaired) electrons. The van der Waals surface area contributed by atoms with Crippen molar-refractivity contribution in [3.63, 3.8) is 0 Å². The SMILES string of the molecule is O=C(NCCc1nc2c(s1)CCCC2)c1occc1CS(=O)(=O)c1ccccc1. The van der Waals surface area contributed by atoms with Crippen molar-refractivity contribution in [2.24, 2.45) is 0 Å². The molecule has 2 aromatic heterocycles. The lowest BCUT2D eigenvalue weighted by atomic mass is 10.0. The van der Waals surface area contributed by atoms with Crippen molar-refractivity contribution < 1.29 is 17.6 Å². The molecule has 0 saturated carbocycles. The van der Waals surface area contributed by atoms with Crippen molar-refractivity contribution in [1.82, 2.24) is 10.3 Å². The Hall–Kier alpha value is -2.45. The second-order valence-corrected chi connectivity index (χ2v) is 10.2. The number of hydrogen-bond donors (Lipinski definition) is 1. The van der Waals surface area contributed by atoms with Gasteiger partial charge in [0.2, 0.25) is 0 Å². The van der Waals surface area contributed by atoms with Crippen LogP contribution in [-0.4, -0.2) is 25.9 Å². The Labute approximate surface area is 173 Å². The van der Waals surface area contributed by atoms with E-state index in [-0.39, 0.29) is 16.4 Å². The summed E-state index contributed by atoms with van der Waals surface area (Å²) in [5.41, 5.74) is 1.57. The van der Waals surface area contributed by atoms with Crippen molar-refractivity contribution in [3.05, 3.63) is 69.6 Å². The molecule has 6 nitrogen and oxygen atoms in total. The number of carbonyl (C=O) groups excluding carboxylic acids is 1. The van der Waals surface area contributed by atoms with Crippen LogP contribution < -0.4 is 5.32 Å². The maximum absolute atomic E-state index is 12.6. The Kier molecular flexibility index (Phi) is 5.82. The van der Waals surface area contributed by atoms with E-state index < -0.39 is 15.7 Å². The number of fused-ring (bicyclic) bond motifs is 1. The molecular weight excluding hydrogens is 408 g/mol. The number of hydrogen-bond acceptors (Lipinski definition) is 6. The fourth-order valence-electron chi connectivity index (χ4n) is 3.44. The molecule has 4 rings (SSSR count). The van der Waals surface area contributed by atoms with Gasteiger partial charge in [0, 0.05) is 23.4 Å². The molecule has 0 aliphatic heterocycles. The van der Waals surface area contributed by atoms with Crippen LogP contribution in [0.3, 0.4) is 0 Å². The average molecular weight is 431 g/mol. The van der Waals surface area contributed by atoms with Gasteiger partial charge in [0.1, 0.15) is 0 Å². The number of nitrogens with zero attached hydrogens (tertiary/aromatic N) is 1. The Balaban J connectivity index is 1.37. The monoisotopic (exact) mass is 430 g/mol. The quantitative estimate of drug-likeness (QED) is 0.619. The predicted molar refractivity (Wildman–Crippen MR) is 111 cm³/mol. The molecule has 1 aromatic carbocycles. The first-order valence-electron chi connectivity index (χ1n) is 9.63. The van der Waals surface area contributed by atoms with Crippen molar-refractivity contribution >= 4 is 27.1 Å². The maximum Gasteiger partial charge on any atom is 0.287 e. The number of carbonyl (C=O) groups is 1. The van der Waals surface area contributed by atoms with E-state index >= 15 is 0 Å². The third-order valence-corrected chi connectivity index (χ3v) is 7.81. The Morgan fingerprint density at radius 2 is 1.93 bits per heavy atom. The number of rotatable bonds is 7. The molecule has 29 heavy (non-hydrogen) atoms. The number of aryl methyl sites for hydroxylation is 2. The van der Waals surface area contributed by atoms with Gasteiger partial charge in [0.05, 0.1) is 27.6 Å². The van der Waals surface area contributed by atoms with Crippen LogP contribution in [0.25, 0.3) is 0 Å². The van der Waals surface area contributed by atoms with Gasteiger partial charge in [-0.1, -0.05) is 18.2 Å². The summed E-state index contributed by atoms with van der Waals surface area (Å²) < 4.78 is 30.5. The van der Waals surface area contributed by atoms with Gasteiger partial charge >= 0.3 is 0 Å². The standard InChI is InChI=1S/C21H22N2O4S2/c24-21(22-12-10-19-23-17-8-4-5-9-18(17)28-19)20-15(11-13-27-20)14-29(25,26)16-6-2-1-3-7-16/h1-3,6-7,11,13H,4-5,8-10,12,14H2,(H,22,24). The topological polar surface area (TPSA) is 89.3 Å². The van der Waals surface area contributed by atoms with Crippen molar-refractivity contribution in [2.45, 2.75) is 42.8 Å². The second kappa shape index (κ2) is 8.51. The highest BCUT2D eigenvalue weighted by Gasteiger charge is 2.22. The number of amides is 1. The molecule has 0 unspecified atom stereocenters. The van der Waals surface area contributed by atoms with Crippen LogP contribution in [0, 0.1) is 0 Å². The molecule has 152 valence electrons. The number of thiazole rings is 1. The van der Waals surface area contributed by atoms with Crippen LogP contribution in [-0.2, 0) is 34.9 Å². The van der Waals surface area contributed by atoms with Crippen LogP contribution in [0.1, 0.15) is 44.5 Å². The first kappa shape index (κ1) is 19.8. The largest absolute Gasteiger partial charge is 0.459 e. The summed E-state index contributed by atoms with van der Waals surface area (Å²) in [5, 5.41) is 3.85. The van der Waals surface area contributed by atoms with E-state index in [2.05, 4.69) is 10.3 Å². The van der Waals surface area contributed by atoms with E-state index in [9.17, 15) is 13.2 Å². The first-order chi connectivity index (χ1) is 14.0. The molecule has 0 fully saturated rings. The van der Waals surface area contributed by atoms with E-state index in [0.717, 1.165) is 17.8 Å². The molecule has 0 saturated heterocycles. The normalized spacial score (nSPS) is 13.8. The first-order valence-corrected chi connectivity index (χ1v) is 12.1. The zero-order valence-corrected chi connectivity index (χ0v) is 17.5. The number of furan rings is 1. The predicted octanol–water partition coefficient (Wildman–Crippen LogP) is 3.56. The summed E-state index contributed by atoms with van der Waals surface area (Å²) >= 11 is 1.73. The minimum atomic E-state index is -3.55. The lowest BCUT2D eigenvalue weighted by Crippen LogP contribution is -2.26. The molecule has 3 aromatic rings. The highest BCUT2D eigenvalue weighted by molar-refractivity contribution is 7.90. The minimum Gasteiger partial charge on any atom is -0.459 e. The lowest BCUT2D eigenvalue weighted by molar-refractivity contribution is 0.0925. The maximum atomic E-state index is 12.6. The summed E-state index contributed by atoms with van der Waals surface area (Å²) in [5.74, 6) is -0.646. The number of sulfone groups is 1. The molecule has 1 N–H and O–H groups in total. The summed E-state index contributed by atoms with van der Waals surface area (Å²) in [6.45, 7) is 0.427. The molecule has 8 heteroatoms. The molecule has 2 heterocycles. The third kappa shape index (κ3) is 4.59. The van der Waals surface area contributed by atoms with Crippen LogP contribution in [0.5, 0.6) is 0 Å².